The van der Waals surface area contributed by atoms with Gasteiger partial charge in [-0.15, -0.1) is 0 Å². The van der Waals surface area contributed by atoms with Crippen molar-refractivity contribution in [1.82, 2.24) is 15.1 Å². The number of methoxy groups -OCH3 is 1. The zero-order chi connectivity index (χ0) is 65.0. The van der Waals surface area contributed by atoms with Gasteiger partial charge in [0.15, 0.2) is 31.8 Å². The number of Topliss-reactive ketones (excluding diaryl/α,β-unsaturated/α-hetero) is 1. The minimum absolute atomic E-state index is 0.0206. The third kappa shape index (κ3) is 14.7. The number of nitrogens with zero attached hydrogens (tertiary/aromatic N) is 4. The lowest BCUT2D eigenvalue weighted by atomic mass is 9.91. The summed E-state index contributed by atoms with van der Waals surface area (Å²) in [6, 6.07) is 20.3. The third-order valence-corrected chi connectivity index (χ3v) is 22.8. The fraction of sp³-hybridized carbons (Fsp3) is 0.471. The molecule has 4 heterocycles. The molecule has 0 bridgehead atoms. The molecule has 1 aliphatic carbocycles. The predicted molar refractivity (Wildman–Crippen MR) is 345 cm³/mol. The fourth-order valence-corrected chi connectivity index (χ4v) is 13.0. The van der Waals surface area contributed by atoms with E-state index in [1.54, 1.807) is 60.4 Å². The summed E-state index contributed by atoms with van der Waals surface area (Å²) < 4.78 is 43.0. The Balaban J connectivity index is 0.923. The van der Waals surface area contributed by atoms with Crippen molar-refractivity contribution < 1.29 is 66.4 Å². The van der Waals surface area contributed by atoms with Crippen molar-refractivity contribution in [3.63, 3.8) is 0 Å². The first kappa shape index (κ1) is 66.2. The first-order valence-corrected chi connectivity index (χ1v) is 34.1. The van der Waals surface area contributed by atoms with Gasteiger partial charge in [0, 0.05) is 37.7 Å². The molecule has 4 aliphatic heterocycles. The quantitative estimate of drug-likeness (QED) is 0.0228. The molecule has 1 unspecified atom stereocenters. The lowest BCUT2D eigenvalue weighted by Crippen LogP contribution is -2.58. The van der Waals surface area contributed by atoms with Gasteiger partial charge in [0.05, 0.1) is 79.8 Å². The molecule has 1 spiro atoms. The molecule has 20 heteroatoms. The van der Waals surface area contributed by atoms with E-state index in [1.165, 1.54) is 29.1 Å². The monoisotopic (exact) mass is 1250 g/mol. The van der Waals surface area contributed by atoms with Crippen LogP contribution in [0, 0.1) is 31.1 Å². The maximum Gasteiger partial charge on any atom is 0.416 e. The zero-order valence-electron chi connectivity index (χ0n) is 53.9. The molecule has 19 nitrogen and oxygen atoms in total. The molecule has 0 radical (unpaired) electrons. The Morgan fingerprint density at radius 2 is 1.43 bits per heavy atom. The molecular formula is C70H87N5O14Si. The van der Waals surface area contributed by atoms with E-state index in [1.807, 2.05) is 63.1 Å². The van der Waals surface area contributed by atoms with Gasteiger partial charge in [0.2, 0.25) is 5.91 Å². The smallest absolute Gasteiger partial charge is 0.416 e. The Morgan fingerprint density at radius 3 is 2.08 bits per heavy atom. The zero-order valence-corrected chi connectivity index (χ0v) is 54.9. The number of carbonyl (C=O) groups is 7. The van der Waals surface area contributed by atoms with Crippen LogP contribution in [0.4, 0.5) is 21.0 Å². The van der Waals surface area contributed by atoms with Crippen molar-refractivity contribution in [2.45, 2.75) is 149 Å². The molecule has 90 heavy (non-hydrogen) atoms. The van der Waals surface area contributed by atoms with Crippen LogP contribution in [0.3, 0.4) is 0 Å². The number of ether oxygens (including phenoxy) is 6. The summed E-state index contributed by atoms with van der Waals surface area (Å²) in [5.41, 5.74) is 6.25. The minimum atomic E-state index is -2.68. The summed E-state index contributed by atoms with van der Waals surface area (Å²) >= 11 is 0. The molecule has 5 atom stereocenters. The Morgan fingerprint density at radius 1 is 0.789 bits per heavy atom. The summed E-state index contributed by atoms with van der Waals surface area (Å²) in [6.07, 6.45) is 5.96. The lowest BCUT2D eigenvalue weighted by Gasteiger charge is -2.44. The number of rotatable bonds is 24. The van der Waals surface area contributed by atoms with Gasteiger partial charge >= 0.3 is 18.2 Å². The van der Waals surface area contributed by atoms with Crippen LogP contribution < -0.4 is 29.3 Å². The second kappa shape index (κ2) is 27.5. The van der Waals surface area contributed by atoms with E-state index in [0.29, 0.717) is 76.7 Å². The average Bonchev–Trinajstić information content (AvgIpc) is 1.57. The van der Waals surface area contributed by atoms with Gasteiger partial charge in [-0.1, -0.05) is 114 Å². The van der Waals surface area contributed by atoms with Gasteiger partial charge in [-0.25, -0.2) is 14.5 Å². The highest BCUT2D eigenvalue weighted by Crippen LogP contribution is 2.58. The van der Waals surface area contributed by atoms with E-state index >= 15 is 9.59 Å². The number of esters is 1. The largest absolute Gasteiger partial charge is 0.493 e. The molecule has 2 fully saturated rings. The van der Waals surface area contributed by atoms with Crippen molar-refractivity contribution in [1.29, 1.82) is 0 Å². The molecule has 5 aliphatic rings. The second-order valence-electron chi connectivity index (χ2n) is 26.4. The van der Waals surface area contributed by atoms with E-state index in [-0.39, 0.29) is 98.0 Å². The van der Waals surface area contributed by atoms with Crippen LogP contribution in [0.25, 0.3) is 5.57 Å². The number of nitrogens with one attached hydrogen (secondary N) is 1. The Bertz CT molecular complexity index is 3440. The van der Waals surface area contributed by atoms with Crippen LogP contribution in [0.15, 0.2) is 104 Å². The number of aryl methyl sites for hydroxylation is 2. The molecule has 4 aromatic carbocycles. The number of benzene rings is 4. The molecule has 5 amide bonds. The van der Waals surface area contributed by atoms with Crippen molar-refractivity contribution in [3.05, 3.63) is 143 Å². The van der Waals surface area contributed by atoms with Crippen LogP contribution >= 0.6 is 0 Å². The van der Waals surface area contributed by atoms with E-state index in [4.69, 9.17) is 32.8 Å². The summed E-state index contributed by atoms with van der Waals surface area (Å²) in [5, 5.41) is 2.52. The number of amides is 5. The number of fused-ring (bicyclic) bond motifs is 4. The maximum atomic E-state index is 15.2. The molecule has 9 rings (SSSR count). The third-order valence-electron chi connectivity index (χ3n) is 18.4. The Kier molecular flexibility index (Phi) is 20.2. The molecule has 0 aromatic heterocycles. The highest BCUT2D eigenvalue weighted by atomic mass is 28.4. The fourth-order valence-electron chi connectivity index (χ4n) is 11.8. The summed E-state index contributed by atoms with van der Waals surface area (Å²) in [7, 11) is -1.19. The van der Waals surface area contributed by atoms with E-state index < -0.39 is 56.6 Å². The number of hydrogen-bond donors (Lipinski definition) is 1. The normalized spacial score (nSPS) is 18.8. The van der Waals surface area contributed by atoms with Crippen molar-refractivity contribution in [2.75, 3.05) is 56.4 Å². The van der Waals surface area contributed by atoms with Crippen LogP contribution in [-0.2, 0) is 46.0 Å². The van der Waals surface area contributed by atoms with Gasteiger partial charge in [0.25, 0.3) is 11.8 Å². The lowest BCUT2D eigenvalue weighted by molar-refractivity contribution is -0.146. The van der Waals surface area contributed by atoms with Crippen molar-refractivity contribution in [2.24, 2.45) is 17.3 Å². The topological polar surface area (TPSA) is 209 Å². The van der Waals surface area contributed by atoms with Crippen LogP contribution in [0.5, 0.6) is 17.2 Å². The standard InChI is InChI=1S/C70H87N5O14Si/c1-14-27-86-62(77)35-52(43(3)4)63(78)71-46(7)58(76)32-47-19-21-48(22-20-47)41-88-68(82)75-56-37-59(45(6)31-53(56)65(80)74-42-70(25-26-70)38-57(74)66(75)89-90(12,13)69(8,9)10)84-29-16-30-85-61-36-55-54(34-60(61)83-11)64(79)72-39-50(49-23-17-44(5)18-24-49)33-51(72)40-73(55)67(81)87-28-15-2/h14-15,17-24,31,34,36-37,39,43,46,51-52,57,66H,1-2,16,25-30,32-33,35,38,40-42H2,3-13H3,(H,71,78)/t46-,51-,52-,57-,66?/m0/s1. The van der Waals surface area contributed by atoms with Gasteiger partial charge in [-0.2, -0.15) is 0 Å². The average molecular weight is 1250 g/mol. The predicted octanol–water partition coefficient (Wildman–Crippen LogP) is 12.1. The Hall–Kier alpha value is -8.23. The van der Waals surface area contributed by atoms with E-state index in [9.17, 15) is 24.0 Å². The minimum Gasteiger partial charge on any atom is -0.493 e. The van der Waals surface area contributed by atoms with Gasteiger partial charge in [-0.05, 0) is 116 Å². The second-order valence-corrected chi connectivity index (χ2v) is 31.1. The van der Waals surface area contributed by atoms with Gasteiger partial charge in [0.1, 0.15) is 25.6 Å². The molecule has 480 valence electrons. The summed E-state index contributed by atoms with van der Waals surface area (Å²) in [5.74, 6) is -1.49. The van der Waals surface area contributed by atoms with Gasteiger partial charge in [-0.3, -0.25) is 28.9 Å². The molecule has 4 aromatic rings. The van der Waals surface area contributed by atoms with Crippen LogP contribution in [0.2, 0.25) is 18.1 Å². The first-order chi connectivity index (χ1) is 42.7. The highest BCUT2D eigenvalue weighted by molar-refractivity contribution is 6.74. The van der Waals surface area contributed by atoms with E-state index in [2.05, 4.69) is 52.3 Å². The highest BCUT2D eigenvalue weighted by Gasteiger charge is 2.60. The number of carbonyl (C=O) groups excluding carboxylic acids is 7. The van der Waals surface area contributed by atoms with Crippen LogP contribution in [0.1, 0.15) is 129 Å². The maximum absolute atomic E-state index is 15.2. The molecular weight excluding hydrogens is 1160 g/mol. The van der Waals surface area contributed by atoms with Crippen LogP contribution in [-0.4, -0.2) is 131 Å². The molecule has 1 saturated carbocycles. The first-order valence-electron chi connectivity index (χ1n) is 31.2. The summed E-state index contributed by atoms with van der Waals surface area (Å²) in [4.78, 5) is 104. The number of hydrogen-bond acceptors (Lipinski definition) is 14. The SMILES string of the molecule is C=CCOC(=O)C[C@H](C(=O)N[C@@H](C)C(=O)Cc1ccc(COC(=O)N2c3cc(OCCCOc4cc5c(cc4OC)C(=O)N4C=C(c6ccc(C)cc6)C[C@H]4CN5C(=O)OCC=C)c(C)cc3C(=O)N3CC4(CC4)C[C@H]3C2O[Si](C)(C)C(C)(C)C)cc1)C(C)C. The van der Waals surface area contributed by atoms with Crippen molar-refractivity contribution in [3.8, 4) is 17.2 Å². The molecule has 1 saturated heterocycles. The molecule has 1 N–H and O–H groups in total. The van der Waals surface area contributed by atoms with Crippen molar-refractivity contribution >= 4 is 66.9 Å². The van der Waals surface area contributed by atoms with Gasteiger partial charge < -0.3 is 48.0 Å². The number of ketones is 1. The summed E-state index contributed by atoms with van der Waals surface area (Å²) in [6.45, 7) is 28.0. The Labute approximate surface area is 529 Å². The number of anilines is 2. The van der Waals surface area contributed by atoms with E-state index in [0.717, 1.165) is 29.5 Å².